The van der Waals surface area contributed by atoms with Crippen molar-refractivity contribution in [3.05, 3.63) is 34.6 Å². The van der Waals surface area contributed by atoms with Crippen molar-refractivity contribution in [3.8, 4) is 0 Å². The quantitative estimate of drug-likeness (QED) is 0.784. The number of rotatable bonds is 2. The van der Waals surface area contributed by atoms with E-state index in [2.05, 4.69) is 0 Å². The van der Waals surface area contributed by atoms with Crippen LogP contribution < -0.4 is 0 Å². The summed E-state index contributed by atoms with van der Waals surface area (Å²) in [5.41, 5.74) is 2.45. The molecule has 0 aliphatic carbocycles. The Kier molecular flexibility index (Phi) is 3.70. The van der Waals surface area contributed by atoms with Crippen LogP contribution in [0.15, 0.2) is 12.1 Å². The highest BCUT2D eigenvalue weighted by Gasteiger charge is 2.34. The molecular formula is C13H16ClFO2S. The molecule has 2 atom stereocenters. The Labute approximate surface area is 112 Å². The summed E-state index contributed by atoms with van der Waals surface area (Å²) in [6.45, 7) is 3.62. The van der Waals surface area contributed by atoms with E-state index in [4.69, 9.17) is 11.6 Å². The van der Waals surface area contributed by atoms with Gasteiger partial charge in [0.25, 0.3) is 0 Å². The monoisotopic (exact) mass is 290 g/mol. The summed E-state index contributed by atoms with van der Waals surface area (Å²) >= 11 is 6.42. The van der Waals surface area contributed by atoms with Gasteiger partial charge in [-0.05, 0) is 55.0 Å². The zero-order valence-corrected chi connectivity index (χ0v) is 12.0. The van der Waals surface area contributed by atoms with Gasteiger partial charge < -0.3 is 0 Å². The number of sulfone groups is 1. The second kappa shape index (κ2) is 4.82. The molecule has 1 heterocycles. The molecule has 2 unspecified atom stereocenters. The highest BCUT2D eigenvalue weighted by Crippen LogP contribution is 2.39. The van der Waals surface area contributed by atoms with Crippen molar-refractivity contribution in [2.75, 3.05) is 11.5 Å². The molecule has 1 fully saturated rings. The highest BCUT2D eigenvalue weighted by molar-refractivity contribution is 7.91. The van der Waals surface area contributed by atoms with Crippen molar-refractivity contribution in [1.29, 1.82) is 0 Å². The minimum atomic E-state index is -2.94. The average molecular weight is 291 g/mol. The molecule has 1 saturated heterocycles. The minimum Gasteiger partial charge on any atom is -0.229 e. The Hall–Kier alpha value is -0.610. The Morgan fingerprint density at radius 3 is 2.33 bits per heavy atom. The number of benzene rings is 1. The van der Waals surface area contributed by atoms with Crippen LogP contribution in [-0.4, -0.2) is 19.9 Å². The topological polar surface area (TPSA) is 34.1 Å². The molecule has 0 saturated carbocycles. The Morgan fingerprint density at radius 2 is 1.89 bits per heavy atom. The van der Waals surface area contributed by atoms with Crippen LogP contribution in [0.1, 0.15) is 28.5 Å². The van der Waals surface area contributed by atoms with Crippen LogP contribution in [0, 0.1) is 25.6 Å². The Morgan fingerprint density at radius 1 is 1.33 bits per heavy atom. The maximum absolute atomic E-state index is 13.2. The van der Waals surface area contributed by atoms with Crippen molar-refractivity contribution < 1.29 is 12.8 Å². The molecule has 0 N–H and O–H groups in total. The van der Waals surface area contributed by atoms with Crippen molar-refractivity contribution in [2.45, 2.75) is 25.6 Å². The van der Waals surface area contributed by atoms with Gasteiger partial charge >= 0.3 is 0 Å². The Bertz CT molecular complexity index is 545. The van der Waals surface area contributed by atoms with Gasteiger partial charge in [0.05, 0.1) is 16.9 Å². The van der Waals surface area contributed by atoms with E-state index < -0.39 is 9.84 Å². The third-order valence-corrected chi connectivity index (χ3v) is 5.88. The van der Waals surface area contributed by atoms with E-state index in [-0.39, 0.29) is 28.6 Å². The largest absolute Gasteiger partial charge is 0.229 e. The van der Waals surface area contributed by atoms with Crippen LogP contribution in [0.2, 0.25) is 0 Å². The maximum Gasteiger partial charge on any atom is 0.150 e. The van der Waals surface area contributed by atoms with Crippen molar-refractivity contribution in [2.24, 2.45) is 5.92 Å². The lowest BCUT2D eigenvalue weighted by atomic mass is 9.91. The van der Waals surface area contributed by atoms with Crippen LogP contribution in [0.4, 0.5) is 4.39 Å². The minimum absolute atomic E-state index is 0.0699. The van der Waals surface area contributed by atoms with Gasteiger partial charge in [0.15, 0.2) is 9.84 Å². The molecule has 0 amide bonds. The number of hydrogen-bond acceptors (Lipinski definition) is 2. The Balaban J connectivity index is 2.33. The maximum atomic E-state index is 13.2. The first-order valence-corrected chi connectivity index (χ1v) is 8.17. The lowest BCUT2D eigenvalue weighted by Gasteiger charge is -2.20. The molecule has 18 heavy (non-hydrogen) atoms. The fraction of sp³-hybridized carbons (Fsp3) is 0.538. The van der Waals surface area contributed by atoms with E-state index >= 15 is 0 Å². The summed E-state index contributed by atoms with van der Waals surface area (Å²) in [5.74, 6) is -0.00591. The van der Waals surface area contributed by atoms with Crippen molar-refractivity contribution >= 4 is 21.4 Å². The highest BCUT2D eigenvalue weighted by atomic mass is 35.5. The third-order valence-electron chi connectivity index (χ3n) is 3.52. The smallest absolute Gasteiger partial charge is 0.150 e. The number of aryl methyl sites for hydroxylation is 2. The zero-order chi connectivity index (χ0) is 13.5. The molecule has 2 nitrogen and oxygen atoms in total. The van der Waals surface area contributed by atoms with Crippen LogP contribution in [0.5, 0.6) is 0 Å². The second-order valence-electron chi connectivity index (χ2n) is 5.02. The van der Waals surface area contributed by atoms with Gasteiger partial charge in [0.1, 0.15) is 5.82 Å². The van der Waals surface area contributed by atoms with Gasteiger partial charge in [0, 0.05) is 0 Å². The van der Waals surface area contributed by atoms with Gasteiger partial charge in [-0.15, -0.1) is 11.6 Å². The third kappa shape index (κ3) is 2.69. The van der Waals surface area contributed by atoms with Crippen LogP contribution >= 0.6 is 11.6 Å². The standard InChI is InChI=1S/C13H16ClFO2S/c1-8-5-11(15)6-9(2)12(8)13(14)10-3-4-18(16,17)7-10/h5-6,10,13H,3-4,7H2,1-2H3. The summed E-state index contributed by atoms with van der Waals surface area (Å²) in [6.07, 6.45) is 0.590. The SMILES string of the molecule is Cc1cc(F)cc(C)c1C(Cl)C1CCS(=O)(=O)C1. The van der Waals surface area contributed by atoms with Crippen LogP contribution in [-0.2, 0) is 9.84 Å². The fourth-order valence-electron chi connectivity index (χ4n) is 2.65. The van der Waals surface area contributed by atoms with Gasteiger partial charge in [-0.1, -0.05) is 0 Å². The molecule has 1 aromatic rings. The summed E-state index contributed by atoms with van der Waals surface area (Å²) in [7, 11) is -2.94. The molecule has 100 valence electrons. The predicted molar refractivity (Wildman–Crippen MR) is 71.2 cm³/mol. The van der Waals surface area contributed by atoms with E-state index in [1.807, 2.05) is 13.8 Å². The molecule has 0 spiro atoms. The second-order valence-corrected chi connectivity index (χ2v) is 7.72. The summed E-state index contributed by atoms with van der Waals surface area (Å²) in [6, 6.07) is 2.89. The number of halogens is 2. The zero-order valence-electron chi connectivity index (χ0n) is 10.4. The molecule has 1 aliphatic heterocycles. The molecule has 2 rings (SSSR count). The van der Waals surface area contributed by atoms with E-state index in [0.29, 0.717) is 6.42 Å². The number of hydrogen-bond donors (Lipinski definition) is 0. The van der Waals surface area contributed by atoms with E-state index in [1.165, 1.54) is 12.1 Å². The number of alkyl halides is 1. The molecule has 5 heteroatoms. The van der Waals surface area contributed by atoms with E-state index in [1.54, 1.807) is 0 Å². The molecular weight excluding hydrogens is 275 g/mol. The lowest BCUT2D eigenvalue weighted by molar-refractivity contribution is 0.563. The molecule has 0 aromatic heterocycles. The van der Waals surface area contributed by atoms with Gasteiger partial charge in [-0.25, -0.2) is 12.8 Å². The lowest BCUT2D eigenvalue weighted by Crippen LogP contribution is -2.12. The van der Waals surface area contributed by atoms with E-state index in [0.717, 1.165) is 16.7 Å². The normalized spacial score (nSPS) is 24.1. The summed E-state index contributed by atoms with van der Waals surface area (Å²) in [5, 5.41) is -0.358. The van der Waals surface area contributed by atoms with Crippen molar-refractivity contribution in [1.82, 2.24) is 0 Å². The fourth-order valence-corrected chi connectivity index (χ4v) is 5.15. The summed E-state index contributed by atoms with van der Waals surface area (Å²) < 4.78 is 36.2. The molecule has 0 bridgehead atoms. The first-order valence-electron chi connectivity index (χ1n) is 5.91. The average Bonchev–Trinajstić information content (AvgIpc) is 2.57. The first-order chi connectivity index (χ1) is 8.30. The first kappa shape index (κ1) is 13.8. The summed E-state index contributed by atoms with van der Waals surface area (Å²) in [4.78, 5) is 0. The van der Waals surface area contributed by atoms with Gasteiger partial charge in [-0.2, -0.15) is 0 Å². The molecule has 0 radical (unpaired) electrons. The molecule has 1 aliphatic rings. The van der Waals surface area contributed by atoms with Crippen LogP contribution in [0.3, 0.4) is 0 Å². The van der Waals surface area contributed by atoms with E-state index in [9.17, 15) is 12.8 Å². The van der Waals surface area contributed by atoms with Crippen molar-refractivity contribution in [3.63, 3.8) is 0 Å². The van der Waals surface area contributed by atoms with Crippen LogP contribution in [0.25, 0.3) is 0 Å². The van der Waals surface area contributed by atoms with Gasteiger partial charge in [0.2, 0.25) is 0 Å². The molecule has 1 aromatic carbocycles. The van der Waals surface area contributed by atoms with Gasteiger partial charge in [-0.3, -0.25) is 0 Å². The predicted octanol–water partition coefficient (Wildman–Crippen LogP) is 3.16.